The van der Waals surface area contributed by atoms with E-state index in [9.17, 15) is 22.0 Å². The van der Waals surface area contributed by atoms with E-state index in [-0.39, 0.29) is 5.89 Å². The van der Waals surface area contributed by atoms with E-state index in [1.54, 1.807) is 6.20 Å². The Hall–Kier alpha value is -2.35. The van der Waals surface area contributed by atoms with Crippen molar-refractivity contribution < 1.29 is 36.3 Å². The molecule has 3 saturated heterocycles. The second kappa shape index (κ2) is 7.34. The van der Waals surface area contributed by atoms with Crippen LogP contribution in [0.15, 0.2) is 10.6 Å². The van der Waals surface area contributed by atoms with Crippen LogP contribution in [-0.4, -0.2) is 57.6 Å². The van der Waals surface area contributed by atoms with Crippen LogP contribution >= 0.6 is 11.3 Å². The van der Waals surface area contributed by atoms with Crippen molar-refractivity contribution in [3.8, 4) is 10.8 Å². The fraction of sp³-hybridized carbons (Fsp3) is 0.538. The number of hydrogen-bond donors (Lipinski definition) is 2. The van der Waals surface area contributed by atoms with Crippen molar-refractivity contribution in [2.24, 2.45) is 0 Å². The number of fused-ring (bicyclic) bond motifs is 2. The summed E-state index contributed by atoms with van der Waals surface area (Å²) in [4.78, 5) is 16.0. The molecule has 3 aliphatic rings. The molecule has 3 aliphatic heterocycles. The molecule has 0 spiro atoms. The second-order valence-electron chi connectivity index (χ2n) is 5.76. The quantitative estimate of drug-likeness (QED) is 0.739. The van der Waals surface area contributed by atoms with Gasteiger partial charge in [0.1, 0.15) is 4.88 Å². The van der Waals surface area contributed by atoms with Gasteiger partial charge in [-0.05, 0) is 6.42 Å². The van der Waals surface area contributed by atoms with Gasteiger partial charge in [-0.25, -0.2) is 9.78 Å². The van der Waals surface area contributed by atoms with Crippen LogP contribution in [0.3, 0.4) is 0 Å². The lowest BCUT2D eigenvalue weighted by Crippen LogP contribution is -2.67. The highest BCUT2D eigenvalue weighted by atomic mass is 32.1. The standard InChI is InChI=1S/C11H11F2N5OS.C2HF3O2/c12-8(13)10-17-16-9(19-10)7-2-14-11(20-7)18-3-5-1-6(4-18)15-5;3-2(4,5)1(6)7/h2,5-6,8,15H,1,3-4H2;(H,6,7). The number of carboxylic acids is 1. The van der Waals surface area contributed by atoms with Crippen LogP contribution in [0.5, 0.6) is 0 Å². The number of thiazole rings is 1. The monoisotopic (exact) mass is 413 g/mol. The molecule has 2 aromatic rings. The number of nitrogens with zero attached hydrogens (tertiary/aromatic N) is 4. The molecule has 8 nitrogen and oxygen atoms in total. The van der Waals surface area contributed by atoms with Crippen LogP contribution in [0.4, 0.5) is 27.1 Å². The van der Waals surface area contributed by atoms with Gasteiger partial charge in [-0.15, -0.1) is 10.2 Å². The Morgan fingerprint density at radius 2 is 1.93 bits per heavy atom. The molecule has 0 aliphatic carbocycles. The summed E-state index contributed by atoms with van der Waals surface area (Å²) in [7, 11) is 0. The van der Waals surface area contributed by atoms with Crippen LogP contribution in [0, 0.1) is 0 Å². The molecule has 2 N–H and O–H groups in total. The Kier molecular flexibility index (Phi) is 5.28. The number of alkyl halides is 5. The van der Waals surface area contributed by atoms with Crippen molar-refractivity contribution in [2.75, 3.05) is 18.0 Å². The van der Waals surface area contributed by atoms with Gasteiger partial charge in [0, 0.05) is 25.2 Å². The summed E-state index contributed by atoms with van der Waals surface area (Å²) in [5, 5.41) is 18.4. The fourth-order valence-corrected chi connectivity index (χ4v) is 3.46. The van der Waals surface area contributed by atoms with Gasteiger partial charge in [0.2, 0.25) is 0 Å². The van der Waals surface area contributed by atoms with Crippen molar-refractivity contribution in [3.63, 3.8) is 0 Å². The lowest BCUT2D eigenvalue weighted by atomic mass is 9.92. The molecule has 2 bridgehead atoms. The van der Waals surface area contributed by atoms with Crippen molar-refractivity contribution in [1.82, 2.24) is 20.5 Å². The first-order valence-electron chi connectivity index (χ1n) is 7.52. The summed E-state index contributed by atoms with van der Waals surface area (Å²) in [5.74, 6) is -3.31. The Morgan fingerprint density at radius 3 is 2.41 bits per heavy atom. The van der Waals surface area contributed by atoms with Crippen LogP contribution in [-0.2, 0) is 4.79 Å². The Morgan fingerprint density at radius 1 is 1.33 bits per heavy atom. The maximum Gasteiger partial charge on any atom is 0.490 e. The third kappa shape index (κ3) is 4.50. The number of aromatic nitrogens is 3. The Balaban J connectivity index is 0.000000260. The number of rotatable bonds is 3. The average Bonchev–Trinajstić information content (AvgIpc) is 3.23. The number of aliphatic carboxylic acids is 1. The number of piperazine rings is 1. The van der Waals surface area contributed by atoms with E-state index in [2.05, 4.69) is 25.4 Å². The lowest BCUT2D eigenvalue weighted by molar-refractivity contribution is -0.192. The molecule has 27 heavy (non-hydrogen) atoms. The molecule has 2 atom stereocenters. The van der Waals surface area contributed by atoms with Gasteiger partial charge in [0.05, 0.1) is 6.20 Å². The normalized spacial score (nSPS) is 21.5. The molecule has 5 heterocycles. The molecule has 0 saturated carbocycles. The van der Waals surface area contributed by atoms with Crippen molar-refractivity contribution in [2.45, 2.75) is 31.1 Å². The van der Waals surface area contributed by atoms with E-state index in [1.165, 1.54) is 17.8 Å². The molecular formula is C13H12F5N5O3S. The zero-order chi connectivity index (χ0) is 19.8. The summed E-state index contributed by atoms with van der Waals surface area (Å²) >= 11 is 1.39. The van der Waals surface area contributed by atoms with Crippen molar-refractivity contribution >= 4 is 22.4 Å². The number of anilines is 1. The smallest absolute Gasteiger partial charge is 0.475 e. The summed E-state index contributed by atoms with van der Waals surface area (Å²) in [5.41, 5.74) is 0. The summed E-state index contributed by atoms with van der Waals surface area (Å²) in [6.07, 6.45) is -5.02. The van der Waals surface area contributed by atoms with Gasteiger partial charge < -0.3 is 19.7 Å². The van der Waals surface area contributed by atoms with Crippen LogP contribution in [0.1, 0.15) is 18.7 Å². The fourth-order valence-electron chi connectivity index (χ4n) is 2.60. The van der Waals surface area contributed by atoms with E-state index in [0.717, 1.165) is 18.2 Å². The minimum Gasteiger partial charge on any atom is -0.475 e. The molecule has 148 valence electrons. The SMILES string of the molecule is FC(F)c1nnc(-c2cnc(N3CC4CC(C3)N4)s2)o1.O=C(O)C(F)(F)F. The number of piperidine rings is 1. The number of carboxylic acid groups (broad SMARTS) is 1. The van der Waals surface area contributed by atoms with Gasteiger partial charge in [-0.1, -0.05) is 11.3 Å². The van der Waals surface area contributed by atoms with E-state index < -0.39 is 24.5 Å². The number of halogens is 5. The third-order valence-electron chi connectivity index (χ3n) is 3.77. The summed E-state index contributed by atoms with van der Waals surface area (Å²) in [6, 6.07) is 1.07. The van der Waals surface area contributed by atoms with Crippen LogP contribution in [0.25, 0.3) is 10.8 Å². The van der Waals surface area contributed by atoms with Crippen LogP contribution < -0.4 is 10.2 Å². The molecule has 0 aromatic carbocycles. The molecule has 0 amide bonds. The first-order valence-corrected chi connectivity index (χ1v) is 8.34. The molecule has 2 aromatic heterocycles. The predicted octanol–water partition coefficient (Wildman–Crippen LogP) is 2.31. The highest BCUT2D eigenvalue weighted by Gasteiger charge is 2.38. The maximum absolute atomic E-state index is 12.4. The summed E-state index contributed by atoms with van der Waals surface area (Å²) in [6.45, 7) is 1.85. The zero-order valence-corrected chi connectivity index (χ0v) is 14.1. The van der Waals surface area contributed by atoms with Crippen molar-refractivity contribution in [3.05, 3.63) is 12.1 Å². The molecule has 0 radical (unpaired) electrons. The first kappa shape index (κ1) is 19.4. The van der Waals surface area contributed by atoms with E-state index in [0.29, 0.717) is 17.0 Å². The van der Waals surface area contributed by atoms with Gasteiger partial charge in [-0.2, -0.15) is 22.0 Å². The third-order valence-corrected chi connectivity index (χ3v) is 4.81. The lowest BCUT2D eigenvalue weighted by Gasteiger charge is -2.48. The zero-order valence-electron chi connectivity index (χ0n) is 13.3. The Bertz CT molecular complexity index is 794. The van der Waals surface area contributed by atoms with Crippen LogP contribution in [0.2, 0.25) is 0 Å². The average molecular weight is 413 g/mol. The van der Waals surface area contributed by atoms with E-state index in [4.69, 9.17) is 14.3 Å². The predicted molar refractivity (Wildman–Crippen MR) is 81.6 cm³/mol. The topological polar surface area (TPSA) is 104 Å². The molecule has 2 unspecified atom stereocenters. The van der Waals surface area contributed by atoms with E-state index in [1.807, 2.05) is 0 Å². The molecule has 5 rings (SSSR count). The van der Waals surface area contributed by atoms with Gasteiger partial charge >= 0.3 is 18.6 Å². The van der Waals surface area contributed by atoms with Gasteiger partial charge in [0.15, 0.2) is 5.13 Å². The second-order valence-corrected chi connectivity index (χ2v) is 6.77. The minimum atomic E-state index is -5.08. The first-order chi connectivity index (χ1) is 12.6. The summed E-state index contributed by atoms with van der Waals surface area (Å²) < 4.78 is 61.5. The molecule has 14 heteroatoms. The van der Waals surface area contributed by atoms with Crippen molar-refractivity contribution in [1.29, 1.82) is 0 Å². The van der Waals surface area contributed by atoms with Gasteiger partial charge in [0.25, 0.3) is 11.8 Å². The molecular weight excluding hydrogens is 401 g/mol. The minimum absolute atomic E-state index is 0.101. The largest absolute Gasteiger partial charge is 0.490 e. The maximum atomic E-state index is 12.4. The Labute approximate surface area is 152 Å². The highest BCUT2D eigenvalue weighted by molar-refractivity contribution is 7.18. The highest BCUT2D eigenvalue weighted by Crippen LogP contribution is 2.34. The molecule has 3 fully saturated rings. The number of carbonyl (C=O) groups is 1. The number of nitrogens with one attached hydrogen (secondary N) is 1. The van der Waals surface area contributed by atoms with Gasteiger partial charge in [-0.3, -0.25) is 0 Å². The number of hydrogen-bond acceptors (Lipinski definition) is 8. The van der Waals surface area contributed by atoms with E-state index >= 15 is 0 Å².